The van der Waals surface area contributed by atoms with Crippen LogP contribution >= 0.6 is 0 Å². The average Bonchev–Trinajstić information content (AvgIpc) is 2.36. The summed E-state index contributed by atoms with van der Waals surface area (Å²) in [6.45, 7) is 3.11. The van der Waals surface area contributed by atoms with Gasteiger partial charge in [-0.25, -0.2) is 0 Å². The fraction of sp³-hybridized carbons (Fsp3) is 0.818. The van der Waals surface area contributed by atoms with E-state index >= 15 is 0 Å². The zero-order valence-corrected chi connectivity index (χ0v) is 13.5. The second-order valence-electron chi connectivity index (χ2n) is 4.84. The van der Waals surface area contributed by atoms with E-state index in [9.17, 15) is 36.3 Å². The van der Waals surface area contributed by atoms with Crippen LogP contribution in [0.15, 0.2) is 0 Å². The lowest BCUT2D eigenvalue weighted by atomic mass is 9.99. The van der Waals surface area contributed by atoms with Gasteiger partial charge >= 0.3 is 27.6 Å². The van der Waals surface area contributed by atoms with Gasteiger partial charge < -0.3 is 19.3 Å². The van der Waals surface area contributed by atoms with Crippen molar-refractivity contribution in [3.8, 4) is 0 Å². The lowest BCUT2D eigenvalue weighted by Crippen LogP contribution is -2.61. The molecule has 1 aliphatic heterocycles. The Kier molecular flexibility index (Phi) is 6.19. The Labute approximate surface area is 134 Å². The van der Waals surface area contributed by atoms with E-state index in [0.717, 1.165) is 13.8 Å². The largest absolute Gasteiger partial charge is 0.523 e. The third-order valence-corrected chi connectivity index (χ3v) is 3.91. The lowest BCUT2D eigenvalue weighted by molar-refractivity contribution is -0.279. The highest BCUT2D eigenvalue weighted by atomic mass is 32.2. The number of hydrogen-bond donors (Lipinski definition) is 1. The van der Waals surface area contributed by atoms with Crippen LogP contribution in [-0.2, 0) is 38.1 Å². The van der Waals surface area contributed by atoms with Crippen molar-refractivity contribution in [1.29, 1.82) is 0 Å². The van der Waals surface area contributed by atoms with Gasteiger partial charge in [-0.1, -0.05) is 0 Å². The minimum Gasteiger partial charge on any atom is -0.456 e. The Bertz CT molecular complexity index is 588. The highest BCUT2D eigenvalue weighted by molar-refractivity contribution is 7.87. The molecule has 13 heteroatoms. The molecular weight excluding hydrogens is 365 g/mol. The number of alkyl halides is 3. The molecule has 1 heterocycles. The lowest BCUT2D eigenvalue weighted by Gasteiger charge is -2.41. The van der Waals surface area contributed by atoms with Crippen LogP contribution in [-0.4, -0.2) is 61.7 Å². The highest BCUT2D eigenvalue weighted by Gasteiger charge is 2.55. The predicted octanol–water partition coefficient (Wildman–Crippen LogP) is -0.178. The van der Waals surface area contributed by atoms with E-state index in [1.807, 2.05) is 0 Å². The van der Waals surface area contributed by atoms with Crippen LogP contribution in [0.5, 0.6) is 0 Å². The molecule has 1 saturated heterocycles. The Morgan fingerprint density at radius 1 is 1.04 bits per heavy atom. The molecule has 0 saturated carbocycles. The van der Waals surface area contributed by atoms with E-state index in [2.05, 4.69) is 4.18 Å². The number of aliphatic hydroxyl groups excluding tert-OH is 1. The van der Waals surface area contributed by atoms with Crippen LogP contribution in [0.3, 0.4) is 0 Å². The van der Waals surface area contributed by atoms with E-state index < -0.39 is 58.3 Å². The zero-order chi connectivity index (χ0) is 18.9. The van der Waals surface area contributed by atoms with Crippen LogP contribution in [0.1, 0.15) is 20.8 Å². The fourth-order valence-corrected chi connectivity index (χ4v) is 2.58. The van der Waals surface area contributed by atoms with Crippen LogP contribution in [0, 0.1) is 0 Å². The molecule has 0 aromatic carbocycles. The Morgan fingerprint density at radius 2 is 1.50 bits per heavy atom. The van der Waals surface area contributed by atoms with E-state index in [4.69, 9.17) is 14.2 Å². The number of halogens is 3. The first kappa shape index (κ1) is 20.6. The predicted molar refractivity (Wildman–Crippen MR) is 67.5 cm³/mol. The van der Waals surface area contributed by atoms with Crippen molar-refractivity contribution < 1.29 is 54.7 Å². The molecule has 1 rings (SSSR count). The monoisotopic (exact) mass is 380 g/mol. The molecule has 1 fully saturated rings. The molecule has 1 aliphatic rings. The summed E-state index contributed by atoms with van der Waals surface area (Å²) in [7, 11) is -6.14. The topological polar surface area (TPSA) is 125 Å². The van der Waals surface area contributed by atoms with Gasteiger partial charge in [0.15, 0.2) is 24.6 Å². The van der Waals surface area contributed by atoms with Crippen molar-refractivity contribution in [2.75, 3.05) is 0 Å². The molecule has 5 atom stereocenters. The summed E-state index contributed by atoms with van der Waals surface area (Å²) in [5.41, 5.74) is -5.78. The average molecular weight is 380 g/mol. The summed E-state index contributed by atoms with van der Waals surface area (Å²) >= 11 is 0. The summed E-state index contributed by atoms with van der Waals surface area (Å²) in [5, 5.41) is 9.69. The Hall–Kier alpha value is -1.44. The number of hydrogen-bond acceptors (Lipinski definition) is 9. The van der Waals surface area contributed by atoms with Gasteiger partial charge in [0.05, 0.1) is 6.10 Å². The molecule has 1 N–H and O–H groups in total. The Balaban J connectivity index is 3.21. The van der Waals surface area contributed by atoms with Gasteiger partial charge in [-0.2, -0.15) is 21.6 Å². The van der Waals surface area contributed by atoms with Crippen molar-refractivity contribution in [3.63, 3.8) is 0 Å². The number of aliphatic hydroxyl groups is 1. The SMILES string of the molecule is CC(=O)O[C@@H]1[C@@H](OC(C)=O)[C@H](OS(=O)(=O)C(F)(F)F)C(O)O[C@H]1C. The maximum absolute atomic E-state index is 12.5. The maximum atomic E-state index is 12.5. The summed E-state index contributed by atoms with van der Waals surface area (Å²) in [4.78, 5) is 22.3. The molecule has 0 aliphatic carbocycles. The third-order valence-electron chi connectivity index (χ3n) is 2.87. The van der Waals surface area contributed by atoms with Gasteiger partial charge in [-0.15, -0.1) is 0 Å². The quantitative estimate of drug-likeness (QED) is 0.402. The van der Waals surface area contributed by atoms with Crippen molar-refractivity contribution in [3.05, 3.63) is 0 Å². The van der Waals surface area contributed by atoms with Gasteiger partial charge in [0.25, 0.3) is 0 Å². The van der Waals surface area contributed by atoms with E-state index in [1.165, 1.54) is 6.92 Å². The molecule has 9 nitrogen and oxygen atoms in total. The molecule has 0 radical (unpaired) electrons. The van der Waals surface area contributed by atoms with Gasteiger partial charge in [-0.05, 0) is 6.92 Å². The third kappa shape index (κ3) is 4.78. The summed E-state index contributed by atoms with van der Waals surface area (Å²) in [6.07, 6.45) is -8.94. The molecular formula is C11H15F3O9S. The number of esters is 2. The second-order valence-corrected chi connectivity index (χ2v) is 6.40. The molecule has 0 bridgehead atoms. The number of rotatable bonds is 4. The summed E-state index contributed by atoms with van der Waals surface area (Å²) < 4.78 is 77.9. The highest BCUT2D eigenvalue weighted by Crippen LogP contribution is 2.32. The number of carbonyl (C=O) groups excluding carboxylic acids is 2. The van der Waals surface area contributed by atoms with Crippen molar-refractivity contribution in [1.82, 2.24) is 0 Å². The van der Waals surface area contributed by atoms with E-state index in [0.29, 0.717) is 0 Å². The van der Waals surface area contributed by atoms with Crippen LogP contribution in [0.4, 0.5) is 13.2 Å². The van der Waals surface area contributed by atoms with Gasteiger partial charge in [-0.3, -0.25) is 13.8 Å². The fourth-order valence-electron chi connectivity index (χ4n) is 1.97. The van der Waals surface area contributed by atoms with Crippen molar-refractivity contribution >= 4 is 22.1 Å². The molecule has 140 valence electrons. The molecule has 0 aromatic rings. The molecule has 0 amide bonds. The molecule has 0 aromatic heterocycles. The van der Waals surface area contributed by atoms with E-state index in [-0.39, 0.29) is 0 Å². The van der Waals surface area contributed by atoms with Gasteiger partial charge in [0.1, 0.15) is 0 Å². The minimum absolute atomic E-state index is 0.882. The number of ether oxygens (including phenoxy) is 3. The Morgan fingerprint density at radius 3 is 1.92 bits per heavy atom. The molecule has 1 unspecified atom stereocenters. The summed E-state index contributed by atoms with van der Waals surface area (Å²) in [6, 6.07) is 0. The molecule has 0 spiro atoms. The van der Waals surface area contributed by atoms with Crippen LogP contribution < -0.4 is 0 Å². The number of carbonyl (C=O) groups is 2. The standard InChI is InChI=1S/C11H15F3O9S/c1-4-7(21-5(2)15)8(22-6(3)16)9(10(17)20-4)23-24(18,19)11(12,13)14/h4,7-10,17H,1-3H3/t4-,7-,8+,9-,10?/m0/s1. The minimum atomic E-state index is -6.14. The van der Waals surface area contributed by atoms with Crippen LogP contribution in [0.25, 0.3) is 0 Å². The first-order valence-corrected chi connectivity index (χ1v) is 7.84. The van der Waals surface area contributed by atoms with Gasteiger partial charge in [0, 0.05) is 13.8 Å². The normalized spacial score (nSPS) is 31.4. The van der Waals surface area contributed by atoms with Gasteiger partial charge in [0.2, 0.25) is 0 Å². The van der Waals surface area contributed by atoms with E-state index in [1.54, 1.807) is 0 Å². The zero-order valence-electron chi connectivity index (χ0n) is 12.6. The smallest absolute Gasteiger partial charge is 0.456 e. The molecule has 24 heavy (non-hydrogen) atoms. The first-order chi connectivity index (χ1) is 10.8. The van der Waals surface area contributed by atoms with Crippen LogP contribution in [0.2, 0.25) is 0 Å². The summed E-state index contributed by atoms with van der Waals surface area (Å²) in [5.74, 6) is -1.93. The second kappa shape index (κ2) is 7.21. The maximum Gasteiger partial charge on any atom is 0.523 e. The van der Waals surface area contributed by atoms with Crippen molar-refractivity contribution in [2.45, 2.75) is 57.0 Å². The van der Waals surface area contributed by atoms with Crippen molar-refractivity contribution in [2.24, 2.45) is 0 Å². The first-order valence-electron chi connectivity index (χ1n) is 6.43.